The minimum Gasteiger partial charge on any atom is -0.535 e. The van der Waals surface area contributed by atoms with Gasteiger partial charge >= 0.3 is 13.1 Å². The first-order valence-corrected chi connectivity index (χ1v) is 7.54. The van der Waals surface area contributed by atoms with Crippen LogP contribution in [0.1, 0.15) is 21.6 Å². The van der Waals surface area contributed by atoms with Gasteiger partial charge in [-0.05, 0) is 24.4 Å². The monoisotopic (exact) mass is 332 g/mol. The van der Waals surface area contributed by atoms with Gasteiger partial charge < -0.3 is 25.3 Å². The van der Waals surface area contributed by atoms with E-state index in [0.29, 0.717) is 31.5 Å². The summed E-state index contributed by atoms with van der Waals surface area (Å²) < 4.78 is 12.5. The Morgan fingerprint density at radius 1 is 1.50 bits per heavy atom. The maximum absolute atomic E-state index is 11.6. The fourth-order valence-corrected chi connectivity index (χ4v) is 2.53. The molecule has 1 aliphatic heterocycles. The van der Waals surface area contributed by atoms with Gasteiger partial charge in [0.2, 0.25) is 0 Å². The molecule has 1 aromatic heterocycles. The van der Waals surface area contributed by atoms with E-state index in [1.165, 1.54) is 0 Å². The van der Waals surface area contributed by atoms with Gasteiger partial charge in [-0.3, -0.25) is 4.68 Å². The number of hydrogen-bond donors (Lipinski definition) is 3. The van der Waals surface area contributed by atoms with Crippen molar-refractivity contribution in [1.82, 2.24) is 15.0 Å². The molecule has 1 aromatic carbocycles. The quantitative estimate of drug-likeness (QED) is 0.626. The summed E-state index contributed by atoms with van der Waals surface area (Å²) in [5.41, 5.74) is 6.64. The lowest BCUT2D eigenvalue weighted by atomic mass is 9.78. The van der Waals surface area contributed by atoms with Gasteiger partial charge in [0.25, 0.3) is 0 Å². The minimum absolute atomic E-state index is 0.0617. The topological polar surface area (TPSA) is 133 Å². The van der Waals surface area contributed by atoms with E-state index < -0.39 is 13.1 Å². The highest BCUT2D eigenvalue weighted by molar-refractivity contribution is 6.44. The Morgan fingerprint density at radius 2 is 2.33 bits per heavy atom. The van der Waals surface area contributed by atoms with Crippen LogP contribution in [0.2, 0.25) is 6.32 Å². The van der Waals surface area contributed by atoms with Crippen LogP contribution in [0.15, 0.2) is 18.3 Å². The molecule has 0 atom stereocenters. The molecular weight excluding hydrogens is 315 g/mol. The molecule has 0 radical (unpaired) electrons. The molecule has 3 rings (SSSR count). The van der Waals surface area contributed by atoms with Crippen LogP contribution in [0.5, 0.6) is 11.5 Å². The molecule has 0 aliphatic carbocycles. The molecule has 2 heterocycles. The van der Waals surface area contributed by atoms with Crippen molar-refractivity contribution < 1.29 is 24.3 Å². The summed E-state index contributed by atoms with van der Waals surface area (Å²) in [5.74, 6) is -0.864. The van der Waals surface area contributed by atoms with Crippen LogP contribution in [0.4, 0.5) is 0 Å². The lowest BCUT2D eigenvalue weighted by Gasteiger charge is -2.22. The number of aryl methyl sites for hydroxylation is 1. The number of rotatable bonds is 6. The summed E-state index contributed by atoms with van der Waals surface area (Å²) in [6.07, 6.45) is 2.66. The summed E-state index contributed by atoms with van der Waals surface area (Å²) in [5, 5.41) is 26.9. The standard InChI is InChI=1S/C14H17BN4O5/c16-5-6-19-7-10(17-18-19)8-23-11-2-1-9-3-4-15(22)24-13(9)12(11)14(20)21/h1-2,7,22H,3-6,8,16H2,(H,20,21). The van der Waals surface area contributed by atoms with Crippen LogP contribution >= 0.6 is 0 Å². The lowest BCUT2D eigenvalue weighted by molar-refractivity contribution is 0.0689. The average molecular weight is 332 g/mol. The van der Waals surface area contributed by atoms with E-state index >= 15 is 0 Å². The summed E-state index contributed by atoms with van der Waals surface area (Å²) in [7, 11) is -1.01. The third-order valence-corrected chi connectivity index (χ3v) is 3.65. The van der Waals surface area contributed by atoms with Gasteiger partial charge in [0.05, 0.1) is 12.7 Å². The Balaban J connectivity index is 1.82. The second kappa shape index (κ2) is 6.89. The SMILES string of the molecule is NCCn1cc(COc2ccc3c(c2C(=O)O)OB(O)CC3)nn1. The van der Waals surface area contributed by atoms with Crippen LogP contribution in [-0.4, -0.2) is 44.8 Å². The number of carbonyl (C=O) groups is 1. The fourth-order valence-electron chi connectivity index (χ4n) is 2.53. The van der Waals surface area contributed by atoms with Crippen molar-refractivity contribution in [2.75, 3.05) is 6.54 Å². The Hall–Kier alpha value is -2.59. The second-order valence-electron chi connectivity index (χ2n) is 5.39. The number of benzene rings is 1. The maximum atomic E-state index is 11.6. The predicted octanol–water partition coefficient (Wildman–Crippen LogP) is -0.0706. The van der Waals surface area contributed by atoms with E-state index in [2.05, 4.69) is 10.3 Å². The number of carboxylic acids is 1. The average Bonchev–Trinajstić information content (AvgIpc) is 2.99. The molecule has 0 fully saturated rings. The first kappa shape index (κ1) is 16.3. The summed E-state index contributed by atoms with van der Waals surface area (Å²) in [6.45, 7) is 1.04. The van der Waals surface area contributed by atoms with E-state index in [1.807, 2.05) is 0 Å². The molecule has 1 aliphatic rings. The highest BCUT2D eigenvalue weighted by atomic mass is 16.5. The Labute approximate surface area is 138 Å². The van der Waals surface area contributed by atoms with E-state index in [4.69, 9.17) is 15.1 Å². The first-order chi connectivity index (χ1) is 11.6. The highest BCUT2D eigenvalue weighted by Crippen LogP contribution is 2.36. The van der Waals surface area contributed by atoms with Gasteiger partial charge in [-0.1, -0.05) is 11.3 Å². The van der Waals surface area contributed by atoms with Crippen molar-refractivity contribution in [1.29, 1.82) is 0 Å². The molecule has 0 saturated carbocycles. The maximum Gasteiger partial charge on any atom is 0.522 e. The van der Waals surface area contributed by atoms with E-state index in [9.17, 15) is 14.9 Å². The molecule has 24 heavy (non-hydrogen) atoms. The zero-order valence-corrected chi connectivity index (χ0v) is 12.9. The van der Waals surface area contributed by atoms with Crippen LogP contribution in [0.3, 0.4) is 0 Å². The van der Waals surface area contributed by atoms with Crippen molar-refractivity contribution in [3.05, 3.63) is 35.2 Å². The van der Waals surface area contributed by atoms with Crippen molar-refractivity contribution >= 4 is 13.1 Å². The smallest absolute Gasteiger partial charge is 0.522 e. The molecule has 0 saturated heterocycles. The molecule has 0 spiro atoms. The van der Waals surface area contributed by atoms with Gasteiger partial charge in [0.15, 0.2) is 0 Å². The number of nitrogens with two attached hydrogens (primary N) is 1. The molecule has 0 amide bonds. The normalized spacial score (nSPS) is 13.3. The minimum atomic E-state index is -1.18. The molecule has 0 unspecified atom stereocenters. The van der Waals surface area contributed by atoms with E-state index in [0.717, 1.165) is 5.56 Å². The zero-order valence-electron chi connectivity index (χ0n) is 12.9. The third kappa shape index (κ3) is 3.34. The van der Waals surface area contributed by atoms with Crippen LogP contribution in [0.25, 0.3) is 0 Å². The van der Waals surface area contributed by atoms with E-state index in [-0.39, 0.29) is 23.7 Å². The fraction of sp³-hybridized carbons (Fsp3) is 0.357. The van der Waals surface area contributed by atoms with Crippen LogP contribution in [0, 0.1) is 0 Å². The Bertz CT molecular complexity index is 751. The molecule has 126 valence electrons. The number of hydrogen-bond acceptors (Lipinski definition) is 7. The van der Waals surface area contributed by atoms with Gasteiger partial charge in [-0.25, -0.2) is 4.79 Å². The highest BCUT2D eigenvalue weighted by Gasteiger charge is 2.30. The van der Waals surface area contributed by atoms with Gasteiger partial charge in [-0.15, -0.1) is 5.10 Å². The first-order valence-electron chi connectivity index (χ1n) is 7.54. The van der Waals surface area contributed by atoms with Gasteiger partial charge in [-0.2, -0.15) is 0 Å². The number of ether oxygens (including phenoxy) is 1. The molecular formula is C14H17BN4O5. The van der Waals surface area contributed by atoms with Crippen molar-refractivity contribution in [3.8, 4) is 11.5 Å². The molecule has 10 heteroatoms. The Morgan fingerprint density at radius 3 is 3.08 bits per heavy atom. The van der Waals surface area contributed by atoms with Crippen LogP contribution in [-0.2, 0) is 19.6 Å². The number of carboxylic acid groups (broad SMARTS) is 1. The number of nitrogens with zero attached hydrogens (tertiary/aromatic N) is 3. The summed E-state index contributed by atoms with van der Waals surface area (Å²) in [4.78, 5) is 11.6. The van der Waals surface area contributed by atoms with Gasteiger partial charge in [0.1, 0.15) is 29.4 Å². The summed E-state index contributed by atoms with van der Waals surface area (Å²) >= 11 is 0. The lowest BCUT2D eigenvalue weighted by Crippen LogP contribution is -2.28. The van der Waals surface area contributed by atoms with Crippen molar-refractivity contribution in [3.63, 3.8) is 0 Å². The number of fused-ring (bicyclic) bond motifs is 1. The van der Waals surface area contributed by atoms with Crippen LogP contribution < -0.4 is 15.1 Å². The van der Waals surface area contributed by atoms with Gasteiger partial charge in [0, 0.05) is 6.54 Å². The Kier molecular flexibility index (Phi) is 4.67. The largest absolute Gasteiger partial charge is 0.535 e. The second-order valence-corrected chi connectivity index (χ2v) is 5.39. The van der Waals surface area contributed by atoms with Crippen molar-refractivity contribution in [2.24, 2.45) is 5.73 Å². The number of aromatic nitrogens is 3. The predicted molar refractivity (Wildman–Crippen MR) is 83.9 cm³/mol. The van der Waals surface area contributed by atoms with Crippen molar-refractivity contribution in [2.45, 2.75) is 25.9 Å². The zero-order chi connectivity index (χ0) is 17.1. The third-order valence-electron chi connectivity index (χ3n) is 3.65. The molecule has 2 aromatic rings. The van der Waals surface area contributed by atoms with E-state index in [1.54, 1.807) is 23.0 Å². The molecule has 9 nitrogen and oxygen atoms in total. The molecule has 4 N–H and O–H groups in total. The summed E-state index contributed by atoms with van der Waals surface area (Å²) in [6, 6.07) is 3.34. The molecule has 0 bridgehead atoms. The number of aromatic carboxylic acids is 1.